The molecule has 7 rings (SSSR count). The lowest BCUT2D eigenvalue weighted by Gasteiger charge is -2.40. The van der Waals surface area contributed by atoms with Crippen LogP contribution in [0.1, 0.15) is 51.0 Å². The van der Waals surface area contributed by atoms with Gasteiger partial charge in [0.15, 0.2) is 0 Å². The fraction of sp³-hybridized carbons (Fsp3) is 0.677. The van der Waals surface area contributed by atoms with E-state index < -0.39 is 47.8 Å². The van der Waals surface area contributed by atoms with Gasteiger partial charge in [-0.05, 0) is 73.3 Å². The zero-order valence-electron chi connectivity index (χ0n) is 22.7. The fourth-order valence-electron chi connectivity index (χ4n) is 9.27. The molecule has 3 saturated carbocycles. The molecule has 2 amide bonds. The predicted octanol–water partition coefficient (Wildman–Crippen LogP) is 4.87. The van der Waals surface area contributed by atoms with E-state index in [1.165, 1.54) is 15.8 Å². The zero-order chi connectivity index (χ0) is 27.8. The van der Waals surface area contributed by atoms with Gasteiger partial charge in [-0.2, -0.15) is 13.2 Å². The molecule has 6 nitrogen and oxygen atoms in total. The Labute approximate surface area is 232 Å². The first-order valence-corrected chi connectivity index (χ1v) is 15.1. The minimum absolute atomic E-state index is 0.118. The average Bonchev–Trinajstić information content (AvgIpc) is 3.67. The SMILES string of the molecule is O=C1C2C3CC(C2C(=O)N1C[C@@H]1CCCC[C@H]1CN1CCC(n2ccc4ccccc42)CC1)C(C(F)(F)F)C3O. The number of alkyl halides is 3. The monoisotopic (exact) mass is 557 g/mol. The zero-order valence-corrected chi connectivity index (χ0v) is 22.7. The van der Waals surface area contributed by atoms with Crippen molar-refractivity contribution in [1.29, 1.82) is 0 Å². The molecule has 9 heteroatoms. The summed E-state index contributed by atoms with van der Waals surface area (Å²) in [5.41, 5.74) is 1.28. The highest BCUT2D eigenvalue weighted by Gasteiger charge is 2.71. The van der Waals surface area contributed by atoms with Crippen LogP contribution in [0.15, 0.2) is 36.5 Å². The molecule has 1 aromatic heterocycles. The number of aliphatic hydroxyl groups excluding tert-OH is 1. The van der Waals surface area contributed by atoms with Crippen LogP contribution < -0.4 is 0 Å². The average molecular weight is 558 g/mol. The fourth-order valence-corrected chi connectivity index (χ4v) is 9.27. The van der Waals surface area contributed by atoms with Crippen molar-refractivity contribution >= 4 is 22.7 Å². The summed E-state index contributed by atoms with van der Waals surface area (Å²) in [7, 11) is 0. The molecule has 3 heterocycles. The van der Waals surface area contributed by atoms with Gasteiger partial charge >= 0.3 is 6.18 Å². The first-order valence-electron chi connectivity index (χ1n) is 15.1. The molecule has 2 saturated heterocycles. The third kappa shape index (κ3) is 4.21. The third-order valence-corrected chi connectivity index (χ3v) is 11.2. The smallest absolute Gasteiger partial charge is 0.392 e. The molecule has 8 atom stereocenters. The minimum atomic E-state index is -4.56. The Bertz CT molecular complexity index is 1290. The van der Waals surface area contributed by atoms with Gasteiger partial charge < -0.3 is 14.6 Å². The van der Waals surface area contributed by atoms with Crippen LogP contribution in [0.4, 0.5) is 13.2 Å². The maximum Gasteiger partial charge on any atom is 0.394 e. The number of para-hydroxylation sites is 1. The largest absolute Gasteiger partial charge is 0.394 e. The van der Waals surface area contributed by atoms with Crippen molar-refractivity contribution in [2.24, 2.45) is 41.4 Å². The molecule has 0 spiro atoms. The van der Waals surface area contributed by atoms with Gasteiger partial charge in [0, 0.05) is 43.9 Å². The molecular formula is C31H38F3N3O3. The van der Waals surface area contributed by atoms with E-state index in [4.69, 9.17) is 0 Å². The van der Waals surface area contributed by atoms with Crippen molar-refractivity contribution in [3.63, 3.8) is 0 Å². The molecule has 40 heavy (non-hydrogen) atoms. The number of aromatic nitrogens is 1. The number of halogens is 3. The second-order valence-electron chi connectivity index (χ2n) is 13.1. The molecule has 2 bridgehead atoms. The lowest BCUT2D eigenvalue weighted by molar-refractivity contribution is -0.219. The van der Waals surface area contributed by atoms with E-state index in [9.17, 15) is 27.9 Å². The van der Waals surface area contributed by atoms with Crippen LogP contribution in [0.25, 0.3) is 10.9 Å². The van der Waals surface area contributed by atoms with Gasteiger partial charge in [-0.3, -0.25) is 14.5 Å². The third-order valence-electron chi connectivity index (χ3n) is 11.2. The van der Waals surface area contributed by atoms with Crippen molar-refractivity contribution in [1.82, 2.24) is 14.4 Å². The second-order valence-corrected chi connectivity index (χ2v) is 13.1. The molecule has 6 unspecified atom stereocenters. The summed E-state index contributed by atoms with van der Waals surface area (Å²) in [6.45, 7) is 3.26. The Morgan fingerprint density at radius 1 is 0.850 bits per heavy atom. The van der Waals surface area contributed by atoms with Crippen LogP contribution in [-0.4, -0.2) is 69.7 Å². The Balaban J connectivity index is 0.998. The predicted molar refractivity (Wildman–Crippen MR) is 143 cm³/mol. The quantitative estimate of drug-likeness (QED) is 0.533. The van der Waals surface area contributed by atoms with E-state index in [0.717, 1.165) is 58.2 Å². The topological polar surface area (TPSA) is 65.8 Å². The highest BCUT2D eigenvalue weighted by atomic mass is 19.4. The summed E-state index contributed by atoms with van der Waals surface area (Å²) in [5, 5.41) is 11.7. The number of benzene rings is 1. The number of hydrogen-bond donors (Lipinski definition) is 1. The maximum absolute atomic E-state index is 13.7. The van der Waals surface area contributed by atoms with Crippen molar-refractivity contribution in [2.45, 2.75) is 63.3 Å². The number of rotatable bonds is 5. The summed E-state index contributed by atoms with van der Waals surface area (Å²) in [6.07, 6.45) is 2.49. The van der Waals surface area contributed by atoms with E-state index in [2.05, 4.69) is 46.0 Å². The van der Waals surface area contributed by atoms with Gasteiger partial charge in [0.2, 0.25) is 11.8 Å². The lowest BCUT2D eigenvalue weighted by Crippen LogP contribution is -2.46. The van der Waals surface area contributed by atoms with Gasteiger partial charge in [-0.1, -0.05) is 31.0 Å². The molecule has 0 radical (unpaired) electrons. The van der Waals surface area contributed by atoms with E-state index in [-0.39, 0.29) is 18.2 Å². The van der Waals surface area contributed by atoms with Gasteiger partial charge in [-0.15, -0.1) is 0 Å². The number of imide groups is 1. The van der Waals surface area contributed by atoms with Gasteiger partial charge in [0.1, 0.15) is 0 Å². The first-order chi connectivity index (χ1) is 19.2. The van der Waals surface area contributed by atoms with Gasteiger partial charge in [0.05, 0.1) is 23.9 Å². The number of carbonyl (C=O) groups is 2. The van der Waals surface area contributed by atoms with Crippen LogP contribution in [0.5, 0.6) is 0 Å². The molecule has 5 fully saturated rings. The van der Waals surface area contributed by atoms with E-state index >= 15 is 0 Å². The van der Waals surface area contributed by atoms with E-state index in [0.29, 0.717) is 18.5 Å². The van der Waals surface area contributed by atoms with Crippen LogP contribution in [0.2, 0.25) is 0 Å². The van der Waals surface area contributed by atoms with E-state index in [1.54, 1.807) is 0 Å². The standard InChI is InChI=1S/C31H38F3N3O3/c32-31(33,34)27-22-15-23(28(27)38)26-25(22)29(39)37(30(26)40)17-20-7-2-1-6-19(20)16-35-12-10-21(11-13-35)36-14-9-18-5-3-4-8-24(18)36/h3-5,8-9,14,19-23,25-28,38H,1-2,6-7,10-13,15-17H2/t19-,20-,22?,23?,25?,26?,27?,28?/m0/s1. The second kappa shape index (κ2) is 9.86. The number of nitrogens with zero attached hydrogens (tertiary/aromatic N) is 3. The number of piperidine rings is 1. The van der Waals surface area contributed by atoms with Crippen LogP contribution in [0, 0.1) is 41.4 Å². The van der Waals surface area contributed by atoms with Crippen LogP contribution in [0.3, 0.4) is 0 Å². The summed E-state index contributed by atoms with van der Waals surface area (Å²) < 4.78 is 43.5. The number of hydrogen-bond acceptors (Lipinski definition) is 4. The van der Waals surface area contributed by atoms with Crippen molar-refractivity contribution < 1.29 is 27.9 Å². The normalized spacial score (nSPS) is 37.1. The molecular weight excluding hydrogens is 519 g/mol. The first kappa shape index (κ1) is 26.5. The molecule has 2 aromatic rings. The number of fused-ring (bicyclic) bond motifs is 6. The molecule has 2 aliphatic heterocycles. The molecule has 1 aromatic carbocycles. The molecule has 5 aliphatic rings. The summed E-state index contributed by atoms with van der Waals surface area (Å²) in [4.78, 5) is 30.6. The number of likely N-dealkylation sites (tertiary alicyclic amines) is 2. The van der Waals surface area contributed by atoms with Gasteiger partial charge in [0.25, 0.3) is 0 Å². The van der Waals surface area contributed by atoms with Crippen LogP contribution in [-0.2, 0) is 9.59 Å². The van der Waals surface area contributed by atoms with Crippen molar-refractivity contribution in [3.05, 3.63) is 36.5 Å². The maximum atomic E-state index is 13.7. The Morgan fingerprint density at radius 2 is 1.50 bits per heavy atom. The van der Waals surface area contributed by atoms with Gasteiger partial charge in [-0.25, -0.2) is 0 Å². The highest BCUT2D eigenvalue weighted by Crippen LogP contribution is 2.62. The van der Waals surface area contributed by atoms with Crippen molar-refractivity contribution in [2.75, 3.05) is 26.2 Å². The lowest BCUT2D eigenvalue weighted by atomic mass is 9.73. The number of aliphatic hydroxyl groups is 1. The molecule has 216 valence electrons. The number of carbonyl (C=O) groups excluding carboxylic acids is 2. The van der Waals surface area contributed by atoms with Crippen molar-refractivity contribution in [3.8, 4) is 0 Å². The Hall–Kier alpha value is -2.39. The van der Waals surface area contributed by atoms with Crippen LogP contribution >= 0.6 is 0 Å². The summed E-state index contributed by atoms with van der Waals surface area (Å²) in [5.74, 6) is -5.56. The summed E-state index contributed by atoms with van der Waals surface area (Å²) >= 11 is 0. The molecule has 3 aliphatic carbocycles. The number of amides is 2. The molecule has 1 N–H and O–H groups in total. The summed E-state index contributed by atoms with van der Waals surface area (Å²) in [6, 6.07) is 11.1. The van der Waals surface area contributed by atoms with E-state index in [1.807, 2.05) is 0 Å². The highest BCUT2D eigenvalue weighted by molar-refractivity contribution is 6.06. The Morgan fingerprint density at radius 3 is 2.20 bits per heavy atom. The Kier molecular flexibility index (Phi) is 6.53. The minimum Gasteiger partial charge on any atom is -0.392 e.